The third kappa shape index (κ3) is 2.63. The van der Waals surface area contributed by atoms with Crippen LogP contribution < -0.4 is 10.0 Å². The van der Waals surface area contributed by atoms with Gasteiger partial charge >= 0.3 is 0 Å². The fraction of sp³-hybridized carbons (Fsp3) is 0.500. The third-order valence-corrected chi connectivity index (χ3v) is 5.62. The highest BCUT2D eigenvalue weighted by Gasteiger charge is 2.34. The molecule has 21 heavy (non-hydrogen) atoms. The fourth-order valence-corrected chi connectivity index (χ4v) is 4.43. The maximum Gasteiger partial charge on any atom is 0.241 e. The van der Waals surface area contributed by atoms with E-state index in [1.165, 1.54) is 0 Å². The number of nitrogens with zero attached hydrogens (tertiary/aromatic N) is 1. The standard InChI is InChI=1S/C14H19N3O3S/c1-17-9-7-12(14(17)18)16-21(19,20)13-6-2-5-11-10(13)4-3-8-15-11/h2,5-6,12,15-16H,3-4,7-9H2,1H3. The van der Waals surface area contributed by atoms with Gasteiger partial charge in [0.1, 0.15) is 6.04 Å². The zero-order valence-electron chi connectivity index (χ0n) is 11.9. The van der Waals surface area contributed by atoms with Gasteiger partial charge in [-0.05, 0) is 37.0 Å². The van der Waals surface area contributed by atoms with Gasteiger partial charge in [0.25, 0.3) is 0 Å². The van der Waals surface area contributed by atoms with E-state index < -0.39 is 16.1 Å². The van der Waals surface area contributed by atoms with E-state index in [-0.39, 0.29) is 10.8 Å². The molecule has 2 aliphatic heterocycles. The first-order chi connectivity index (χ1) is 9.99. The molecule has 2 N–H and O–H groups in total. The lowest BCUT2D eigenvalue weighted by Crippen LogP contribution is -2.40. The van der Waals surface area contributed by atoms with Gasteiger partial charge in [0.05, 0.1) is 4.90 Å². The van der Waals surface area contributed by atoms with Crippen LogP contribution in [-0.2, 0) is 21.2 Å². The summed E-state index contributed by atoms with van der Waals surface area (Å²) in [5.41, 5.74) is 1.69. The van der Waals surface area contributed by atoms with Crippen molar-refractivity contribution < 1.29 is 13.2 Å². The van der Waals surface area contributed by atoms with Crippen molar-refractivity contribution in [1.82, 2.24) is 9.62 Å². The predicted octanol–water partition coefficient (Wildman–Crippen LogP) is 0.554. The minimum absolute atomic E-state index is 0.165. The van der Waals surface area contributed by atoms with Gasteiger partial charge < -0.3 is 10.2 Å². The summed E-state index contributed by atoms with van der Waals surface area (Å²) in [6, 6.07) is 4.58. The number of rotatable bonds is 3. The Morgan fingerprint density at radius 3 is 2.90 bits per heavy atom. The number of likely N-dealkylation sites (tertiary alicyclic amines) is 1. The van der Waals surface area contributed by atoms with Crippen LogP contribution in [-0.4, -0.2) is 45.4 Å². The van der Waals surface area contributed by atoms with Crippen molar-refractivity contribution in [2.75, 3.05) is 25.5 Å². The molecular formula is C14H19N3O3S. The van der Waals surface area contributed by atoms with Crippen molar-refractivity contribution in [3.05, 3.63) is 23.8 Å². The average Bonchev–Trinajstić information content (AvgIpc) is 2.78. The highest BCUT2D eigenvalue weighted by atomic mass is 32.2. The van der Waals surface area contributed by atoms with Crippen LogP contribution in [0.25, 0.3) is 0 Å². The molecule has 1 atom stereocenters. The van der Waals surface area contributed by atoms with Crippen LogP contribution >= 0.6 is 0 Å². The van der Waals surface area contributed by atoms with Gasteiger partial charge in [0.2, 0.25) is 15.9 Å². The zero-order chi connectivity index (χ0) is 15.0. The van der Waals surface area contributed by atoms with E-state index in [0.29, 0.717) is 13.0 Å². The summed E-state index contributed by atoms with van der Waals surface area (Å²) < 4.78 is 27.8. The fourth-order valence-electron chi connectivity index (χ4n) is 2.91. The predicted molar refractivity (Wildman–Crippen MR) is 79.6 cm³/mol. The van der Waals surface area contributed by atoms with E-state index >= 15 is 0 Å². The summed E-state index contributed by atoms with van der Waals surface area (Å²) in [6.45, 7) is 1.44. The molecule has 0 saturated carbocycles. The molecule has 6 nitrogen and oxygen atoms in total. The number of carbonyl (C=O) groups is 1. The number of amides is 1. The summed E-state index contributed by atoms with van der Waals surface area (Å²) in [6.07, 6.45) is 2.16. The topological polar surface area (TPSA) is 78.5 Å². The summed E-state index contributed by atoms with van der Waals surface area (Å²) in [5.74, 6) is -0.165. The van der Waals surface area contributed by atoms with Gasteiger partial charge in [-0.15, -0.1) is 0 Å². The van der Waals surface area contributed by atoms with Crippen LogP contribution in [0.1, 0.15) is 18.4 Å². The van der Waals surface area contributed by atoms with E-state index in [2.05, 4.69) is 10.0 Å². The lowest BCUT2D eigenvalue weighted by atomic mass is 10.0. The van der Waals surface area contributed by atoms with E-state index in [4.69, 9.17) is 0 Å². The Kier molecular flexibility index (Phi) is 3.62. The first-order valence-electron chi connectivity index (χ1n) is 7.12. The van der Waals surface area contributed by atoms with E-state index in [1.807, 2.05) is 6.07 Å². The molecular weight excluding hydrogens is 290 g/mol. The van der Waals surface area contributed by atoms with Gasteiger partial charge in [-0.2, -0.15) is 4.72 Å². The molecule has 7 heteroatoms. The number of anilines is 1. The number of hydrogen-bond donors (Lipinski definition) is 2. The molecule has 0 bridgehead atoms. The number of benzene rings is 1. The molecule has 3 rings (SSSR count). The molecule has 2 aliphatic rings. The molecule has 1 fully saturated rings. The lowest BCUT2D eigenvalue weighted by Gasteiger charge is -2.21. The second-order valence-corrected chi connectivity index (χ2v) is 7.22. The maximum absolute atomic E-state index is 12.6. The summed E-state index contributed by atoms with van der Waals surface area (Å²) in [5, 5.41) is 3.22. The smallest absolute Gasteiger partial charge is 0.241 e. The normalized spacial score (nSPS) is 22.0. The van der Waals surface area contributed by atoms with Gasteiger partial charge in [-0.25, -0.2) is 8.42 Å². The third-order valence-electron chi connectivity index (χ3n) is 4.07. The van der Waals surface area contributed by atoms with E-state index in [9.17, 15) is 13.2 Å². The van der Waals surface area contributed by atoms with Crippen LogP contribution in [0, 0.1) is 0 Å². The van der Waals surface area contributed by atoms with Crippen LogP contribution in [0.15, 0.2) is 23.1 Å². The minimum atomic E-state index is -3.68. The SMILES string of the molecule is CN1CCC(NS(=O)(=O)c2cccc3c2CCCN3)C1=O. The van der Waals surface area contributed by atoms with Gasteiger partial charge in [-0.1, -0.05) is 6.07 Å². The molecule has 1 amide bonds. The van der Waals surface area contributed by atoms with Gasteiger partial charge in [0.15, 0.2) is 0 Å². The Morgan fingerprint density at radius 2 is 2.19 bits per heavy atom. The largest absolute Gasteiger partial charge is 0.385 e. The summed E-state index contributed by atoms with van der Waals surface area (Å²) >= 11 is 0. The van der Waals surface area contributed by atoms with E-state index in [1.54, 1.807) is 24.1 Å². The maximum atomic E-state index is 12.6. The molecule has 1 unspecified atom stereocenters. The Bertz CT molecular complexity index is 672. The van der Waals surface area contributed by atoms with E-state index in [0.717, 1.165) is 30.6 Å². The first kappa shape index (κ1) is 14.3. The number of nitrogens with one attached hydrogen (secondary N) is 2. The van der Waals surface area contributed by atoms with Crippen molar-refractivity contribution in [3.63, 3.8) is 0 Å². The van der Waals surface area contributed by atoms with Crippen LogP contribution in [0.4, 0.5) is 5.69 Å². The molecule has 2 heterocycles. The molecule has 0 spiro atoms. The van der Waals surface area contributed by atoms with Crippen LogP contribution in [0.3, 0.4) is 0 Å². The summed E-state index contributed by atoms with van der Waals surface area (Å²) in [7, 11) is -1.99. The highest BCUT2D eigenvalue weighted by molar-refractivity contribution is 7.89. The molecule has 1 aromatic rings. The van der Waals surface area contributed by atoms with Crippen molar-refractivity contribution >= 4 is 21.6 Å². The lowest BCUT2D eigenvalue weighted by molar-refractivity contribution is -0.127. The molecule has 0 aromatic heterocycles. The minimum Gasteiger partial charge on any atom is -0.385 e. The first-order valence-corrected chi connectivity index (χ1v) is 8.60. The molecule has 0 aliphatic carbocycles. The number of sulfonamides is 1. The van der Waals surface area contributed by atoms with Crippen LogP contribution in [0.5, 0.6) is 0 Å². The number of likely N-dealkylation sites (N-methyl/N-ethyl adjacent to an activating group) is 1. The summed E-state index contributed by atoms with van der Waals surface area (Å²) in [4.78, 5) is 13.7. The average molecular weight is 309 g/mol. The second kappa shape index (κ2) is 5.31. The van der Waals surface area contributed by atoms with Crippen molar-refractivity contribution in [3.8, 4) is 0 Å². The second-order valence-electron chi connectivity index (χ2n) is 5.53. The monoisotopic (exact) mass is 309 g/mol. The Balaban J connectivity index is 1.91. The van der Waals surface area contributed by atoms with Gasteiger partial charge in [0, 0.05) is 25.8 Å². The van der Waals surface area contributed by atoms with Crippen molar-refractivity contribution in [2.24, 2.45) is 0 Å². The molecule has 1 saturated heterocycles. The highest BCUT2D eigenvalue weighted by Crippen LogP contribution is 2.28. The Labute approximate surface area is 124 Å². The number of carbonyl (C=O) groups excluding carboxylic acids is 1. The molecule has 0 radical (unpaired) electrons. The molecule has 114 valence electrons. The zero-order valence-corrected chi connectivity index (χ0v) is 12.7. The Morgan fingerprint density at radius 1 is 1.38 bits per heavy atom. The van der Waals surface area contributed by atoms with Crippen molar-refractivity contribution in [1.29, 1.82) is 0 Å². The molecule has 1 aromatic carbocycles. The number of fused-ring (bicyclic) bond motifs is 1. The van der Waals surface area contributed by atoms with Gasteiger partial charge in [-0.3, -0.25) is 4.79 Å². The Hall–Kier alpha value is -1.60. The van der Waals surface area contributed by atoms with Crippen molar-refractivity contribution in [2.45, 2.75) is 30.2 Å². The quantitative estimate of drug-likeness (QED) is 0.855. The number of hydrogen-bond acceptors (Lipinski definition) is 4. The van der Waals surface area contributed by atoms with Crippen LogP contribution in [0.2, 0.25) is 0 Å².